The molecule has 1 aliphatic rings. The summed E-state index contributed by atoms with van der Waals surface area (Å²) < 4.78 is 12.1. The Morgan fingerprint density at radius 2 is 1.77 bits per heavy atom. The van der Waals surface area contributed by atoms with Gasteiger partial charge in [0.05, 0.1) is 16.8 Å². The summed E-state index contributed by atoms with van der Waals surface area (Å²) in [6.45, 7) is 1.03. The lowest BCUT2D eigenvalue weighted by Crippen LogP contribution is -2.23. The highest BCUT2D eigenvalue weighted by molar-refractivity contribution is 9.10. The minimum atomic E-state index is -0.193. The number of aromatic nitrogens is 2. The van der Waals surface area contributed by atoms with Crippen molar-refractivity contribution in [2.45, 2.75) is 13.1 Å². The highest BCUT2D eigenvalue weighted by Crippen LogP contribution is 2.38. The molecule has 3 aromatic carbocycles. The number of hydrogen-bond acceptors (Lipinski definition) is 5. The van der Waals surface area contributed by atoms with E-state index in [2.05, 4.69) is 26.2 Å². The second kappa shape index (κ2) is 8.72. The molecule has 0 atom stereocenters. The first-order valence-corrected chi connectivity index (χ1v) is 12.0. The van der Waals surface area contributed by atoms with Crippen LogP contribution in [0.15, 0.2) is 71.3 Å². The maximum absolute atomic E-state index is 13.4. The maximum atomic E-state index is 13.4. The predicted octanol–water partition coefficient (Wildman–Crippen LogP) is 5.26. The van der Waals surface area contributed by atoms with Crippen LogP contribution in [0.25, 0.3) is 33.1 Å². The number of rotatable bonds is 5. The number of carbonyl (C=O) groups is 1. The molecule has 4 N–H and O–H groups in total. The van der Waals surface area contributed by atoms with E-state index in [9.17, 15) is 4.79 Å². The van der Waals surface area contributed by atoms with Crippen LogP contribution < -0.4 is 20.5 Å². The maximum Gasteiger partial charge on any atom is 0.252 e. The van der Waals surface area contributed by atoms with E-state index in [1.165, 1.54) is 0 Å². The molecule has 7 nitrogen and oxygen atoms in total. The Balaban J connectivity index is 1.43. The number of carbonyl (C=O) groups excluding carboxylic acids is 1. The molecule has 8 heteroatoms. The van der Waals surface area contributed by atoms with E-state index in [1.54, 1.807) is 0 Å². The Morgan fingerprint density at radius 1 is 1.00 bits per heavy atom. The molecule has 0 radical (unpaired) electrons. The zero-order valence-corrected chi connectivity index (χ0v) is 20.2. The molecule has 0 bridgehead atoms. The summed E-state index contributed by atoms with van der Waals surface area (Å²) in [6.07, 6.45) is 1.92. The van der Waals surface area contributed by atoms with E-state index in [1.807, 2.05) is 66.9 Å². The lowest BCUT2D eigenvalue weighted by Gasteiger charge is -2.12. The number of amides is 1. The molecule has 174 valence electrons. The monoisotopic (exact) mass is 528 g/mol. The number of benzene rings is 3. The second-order valence-electron chi connectivity index (χ2n) is 8.37. The molecule has 2 aromatic heterocycles. The van der Waals surface area contributed by atoms with Crippen LogP contribution in [-0.2, 0) is 13.1 Å². The Bertz CT molecular complexity index is 1590. The van der Waals surface area contributed by atoms with Gasteiger partial charge in [0.15, 0.2) is 11.5 Å². The molecule has 0 unspecified atom stereocenters. The summed E-state index contributed by atoms with van der Waals surface area (Å²) in [5.41, 5.74) is 11.5. The van der Waals surface area contributed by atoms with Gasteiger partial charge in [-0.05, 0) is 41.5 Å². The molecule has 0 saturated heterocycles. The molecule has 3 heterocycles. The van der Waals surface area contributed by atoms with Crippen molar-refractivity contribution in [3.8, 4) is 22.8 Å². The quantitative estimate of drug-likeness (QED) is 0.288. The average molecular weight is 529 g/mol. The number of aromatic amines is 1. The normalized spacial score (nSPS) is 12.4. The first-order chi connectivity index (χ1) is 17.1. The van der Waals surface area contributed by atoms with Gasteiger partial charge in [-0.2, -0.15) is 0 Å². The number of fused-ring (bicyclic) bond motifs is 3. The fourth-order valence-electron chi connectivity index (χ4n) is 4.32. The number of H-pyrrole nitrogens is 1. The smallest absolute Gasteiger partial charge is 0.252 e. The number of hydrogen-bond donors (Lipinski definition) is 3. The summed E-state index contributed by atoms with van der Waals surface area (Å²) in [6, 6.07) is 19.4. The minimum Gasteiger partial charge on any atom is -0.454 e. The van der Waals surface area contributed by atoms with Crippen LogP contribution in [0.1, 0.15) is 21.5 Å². The zero-order valence-electron chi connectivity index (χ0n) is 18.6. The summed E-state index contributed by atoms with van der Waals surface area (Å²) in [4.78, 5) is 21.6. The third kappa shape index (κ3) is 4.00. The van der Waals surface area contributed by atoms with Gasteiger partial charge < -0.3 is 25.5 Å². The molecule has 1 aliphatic heterocycles. The van der Waals surface area contributed by atoms with Crippen molar-refractivity contribution in [1.29, 1.82) is 0 Å². The molecule has 6 rings (SSSR count). The van der Waals surface area contributed by atoms with Crippen LogP contribution in [0.4, 0.5) is 0 Å². The summed E-state index contributed by atoms with van der Waals surface area (Å²) in [7, 11) is 0. The van der Waals surface area contributed by atoms with Crippen LogP contribution in [0.2, 0.25) is 0 Å². The van der Waals surface area contributed by atoms with Crippen molar-refractivity contribution < 1.29 is 14.3 Å². The van der Waals surface area contributed by atoms with Gasteiger partial charge in [0.2, 0.25) is 6.79 Å². The fraction of sp³-hybridized carbons (Fsp3) is 0.111. The number of ether oxygens (including phenoxy) is 2. The van der Waals surface area contributed by atoms with E-state index < -0.39 is 0 Å². The zero-order chi connectivity index (χ0) is 23.9. The van der Waals surface area contributed by atoms with Crippen molar-refractivity contribution >= 4 is 43.6 Å². The lowest BCUT2D eigenvalue weighted by atomic mass is 10.0. The highest BCUT2D eigenvalue weighted by Gasteiger charge is 2.21. The molecule has 0 saturated carbocycles. The largest absolute Gasteiger partial charge is 0.454 e. The second-order valence-corrected chi connectivity index (χ2v) is 9.29. The van der Waals surface area contributed by atoms with Gasteiger partial charge >= 0.3 is 0 Å². The van der Waals surface area contributed by atoms with E-state index in [4.69, 9.17) is 20.2 Å². The number of nitrogens with one attached hydrogen (secondary N) is 2. The molecule has 1 amide bonds. The first-order valence-electron chi connectivity index (χ1n) is 11.2. The standard InChI is InChI=1S/C27H21BrN4O3/c28-17-5-6-22-18(7-17)21(13-30-22)23-8-20(19-9-25-26(35-14-34-25)10-24(19)32-23)27(33)31-12-16-3-1-15(11-29)2-4-16/h1-10,13,30H,11-12,14,29H2,(H,31,33). The number of halogens is 1. The van der Waals surface area contributed by atoms with Gasteiger partial charge in [0, 0.05) is 51.7 Å². The average Bonchev–Trinajstić information content (AvgIpc) is 3.51. The van der Waals surface area contributed by atoms with Crippen LogP contribution in [0, 0.1) is 0 Å². The van der Waals surface area contributed by atoms with Crippen LogP contribution in [-0.4, -0.2) is 22.7 Å². The Morgan fingerprint density at radius 3 is 2.57 bits per heavy atom. The number of nitrogens with zero attached hydrogens (tertiary/aromatic N) is 1. The van der Waals surface area contributed by atoms with Gasteiger partial charge in [-0.15, -0.1) is 0 Å². The van der Waals surface area contributed by atoms with Crippen molar-refractivity contribution in [1.82, 2.24) is 15.3 Å². The van der Waals surface area contributed by atoms with Gasteiger partial charge in [0.1, 0.15) is 0 Å². The van der Waals surface area contributed by atoms with Crippen molar-refractivity contribution in [2.24, 2.45) is 5.73 Å². The van der Waals surface area contributed by atoms with E-state index in [-0.39, 0.29) is 12.7 Å². The van der Waals surface area contributed by atoms with Crippen LogP contribution >= 0.6 is 15.9 Å². The molecule has 0 spiro atoms. The Kier molecular flexibility index (Phi) is 5.39. The van der Waals surface area contributed by atoms with Crippen LogP contribution in [0.3, 0.4) is 0 Å². The number of pyridine rings is 1. The minimum absolute atomic E-state index is 0.148. The highest BCUT2D eigenvalue weighted by atomic mass is 79.9. The third-order valence-corrected chi connectivity index (χ3v) is 6.67. The Labute approximate surface area is 209 Å². The Hall–Kier alpha value is -3.88. The molecular weight excluding hydrogens is 508 g/mol. The molecule has 35 heavy (non-hydrogen) atoms. The van der Waals surface area contributed by atoms with Crippen LogP contribution in [0.5, 0.6) is 11.5 Å². The predicted molar refractivity (Wildman–Crippen MR) is 138 cm³/mol. The summed E-state index contributed by atoms with van der Waals surface area (Å²) in [5.74, 6) is 1.03. The van der Waals surface area contributed by atoms with E-state index in [0.717, 1.165) is 32.1 Å². The molecule has 0 fully saturated rings. The molecule has 0 aliphatic carbocycles. The topological polar surface area (TPSA) is 102 Å². The lowest BCUT2D eigenvalue weighted by molar-refractivity contribution is 0.0952. The third-order valence-electron chi connectivity index (χ3n) is 6.18. The first kappa shape index (κ1) is 21.6. The van der Waals surface area contributed by atoms with E-state index >= 15 is 0 Å². The van der Waals surface area contributed by atoms with Gasteiger partial charge in [-0.1, -0.05) is 40.2 Å². The van der Waals surface area contributed by atoms with Crippen molar-refractivity contribution in [3.05, 3.63) is 88.0 Å². The fourth-order valence-corrected chi connectivity index (χ4v) is 4.68. The van der Waals surface area contributed by atoms with E-state index in [0.29, 0.717) is 46.7 Å². The summed E-state index contributed by atoms with van der Waals surface area (Å²) >= 11 is 3.55. The number of nitrogens with two attached hydrogens (primary N) is 1. The SMILES string of the molecule is NCc1ccc(CNC(=O)c2cc(-c3c[nH]c4ccc(Br)cc34)nc3cc4c(cc23)OCO4)cc1. The molecular formula is C27H21BrN4O3. The van der Waals surface area contributed by atoms with Gasteiger partial charge in [-0.3, -0.25) is 4.79 Å². The summed E-state index contributed by atoms with van der Waals surface area (Å²) in [5, 5.41) is 4.76. The van der Waals surface area contributed by atoms with Gasteiger partial charge in [0.25, 0.3) is 5.91 Å². The van der Waals surface area contributed by atoms with Crippen molar-refractivity contribution in [2.75, 3.05) is 6.79 Å². The van der Waals surface area contributed by atoms with Gasteiger partial charge in [-0.25, -0.2) is 4.98 Å². The molecule has 5 aromatic rings. The van der Waals surface area contributed by atoms with Crippen molar-refractivity contribution in [3.63, 3.8) is 0 Å².